The Bertz CT molecular complexity index is 1180. The summed E-state index contributed by atoms with van der Waals surface area (Å²) in [4.78, 5) is 30.9. The number of carbonyl (C=O) groups is 2. The lowest BCUT2D eigenvalue weighted by Gasteiger charge is -2.41. The highest BCUT2D eigenvalue weighted by atomic mass is 16.7. The number of para-hydroxylation sites is 1. The van der Waals surface area contributed by atoms with Gasteiger partial charge < -0.3 is 24.7 Å². The fourth-order valence-corrected chi connectivity index (χ4v) is 4.47. The first-order valence-corrected chi connectivity index (χ1v) is 9.77. The van der Waals surface area contributed by atoms with Gasteiger partial charge in [0.05, 0.1) is 6.04 Å². The smallest absolute Gasteiger partial charge is 0.247 e. The highest BCUT2D eigenvalue weighted by Crippen LogP contribution is 2.43. The molecule has 0 saturated carbocycles. The summed E-state index contributed by atoms with van der Waals surface area (Å²) in [6, 6.07) is 12.4. The number of hydrogen-bond acceptors (Lipinski definition) is 4. The maximum Gasteiger partial charge on any atom is 0.247 e. The summed E-state index contributed by atoms with van der Waals surface area (Å²) in [5.41, 5.74) is 3.73. The van der Waals surface area contributed by atoms with Crippen LogP contribution in [0, 0.1) is 0 Å². The van der Waals surface area contributed by atoms with Gasteiger partial charge >= 0.3 is 0 Å². The molecule has 0 spiro atoms. The molecule has 5 rings (SSSR count). The Balaban J connectivity index is 1.76. The standard InChI is InChI=1S/C23H21N3O4/c1-3-20(27)26-17(23(28)24-2)11-15-14-6-4-5-7-16(14)25-21(15)22(26)13-8-9-18-19(10-13)30-12-29-18/h3-10,17,22,25H,1,11-12H2,2H3,(H,24,28)/t17-,22-/m1/s1. The molecule has 3 heterocycles. The highest BCUT2D eigenvalue weighted by Gasteiger charge is 2.42. The fraction of sp³-hybridized carbons (Fsp3) is 0.217. The van der Waals surface area contributed by atoms with Crippen LogP contribution < -0.4 is 14.8 Å². The zero-order chi connectivity index (χ0) is 20.8. The number of likely N-dealkylation sites (N-methyl/N-ethyl adjacent to an activating group) is 1. The molecule has 2 N–H and O–H groups in total. The first-order chi connectivity index (χ1) is 14.6. The molecule has 7 heteroatoms. The van der Waals surface area contributed by atoms with Crippen LogP contribution in [-0.4, -0.2) is 41.6 Å². The van der Waals surface area contributed by atoms with Crippen LogP contribution >= 0.6 is 0 Å². The largest absolute Gasteiger partial charge is 0.454 e. The molecule has 2 aliphatic rings. The molecule has 0 radical (unpaired) electrons. The molecule has 0 fully saturated rings. The quantitative estimate of drug-likeness (QED) is 0.659. The number of carbonyl (C=O) groups excluding carboxylic acids is 2. The number of amides is 2. The van der Waals surface area contributed by atoms with E-state index in [0.717, 1.165) is 27.7 Å². The van der Waals surface area contributed by atoms with E-state index in [1.165, 1.54) is 6.08 Å². The van der Waals surface area contributed by atoms with E-state index in [1.807, 2.05) is 42.5 Å². The highest BCUT2D eigenvalue weighted by molar-refractivity contribution is 5.95. The number of H-pyrrole nitrogens is 1. The van der Waals surface area contributed by atoms with Crippen LogP contribution in [0.15, 0.2) is 55.1 Å². The molecule has 7 nitrogen and oxygen atoms in total. The molecule has 1 aromatic heterocycles. The zero-order valence-corrected chi connectivity index (χ0v) is 16.5. The molecule has 2 amide bonds. The van der Waals surface area contributed by atoms with Gasteiger partial charge in [0.2, 0.25) is 18.6 Å². The van der Waals surface area contributed by atoms with Crippen LogP contribution in [-0.2, 0) is 16.0 Å². The van der Waals surface area contributed by atoms with Gasteiger partial charge in [-0.15, -0.1) is 0 Å². The molecule has 0 unspecified atom stereocenters. The number of aromatic nitrogens is 1. The third-order valence-electron chi connectivity index (χ3n) is 5.82. The van der Waals surface area contributed by atoms with Crippen LogP contribution in [0.4, 0.5) is 0 Å². The van der Waals surface area contributed by atoms with E-state index in [-0.39, 0.29) is 18.6 Å². The summed E-state index contributed by atoms with van der Waals surface area (Å²) in [7, 11) is 1.58. The van der Waals surface area contributed by atoms with Gasteiger partial charge in [-0.3, -0.25) is 9.59 Å². The lowest BCUT2D eigenvalue weighted by atomic mass is 9.87. The van der Waals surface area contributed by atoms with Crippen molar-refractivity contribution in [2.24, 2.45) is 0 Å². The van der Waals surface area contributed by atoms with Gasteiger partial charge in [0.15, 0.2) is 11.5 Å². The average Bonchev–Trinajstić information content (AvgIpc) is 3.40. The first-order valence-electron chi connectivity index (χ1n) is 9.77. The van der Waals surface area contributed by atoms with Crippen molar-refractivity contribution in [2.75, 3.05) is 13.8 Å². The van der Waals surface area contributed by atoms with Crippen molar-refractivity contribution in [1.29, 1.82) is 0 Å². The van der Waals surface area contributed by atoms with E-state index >= 15 is 0 Å². The Morgan fingerprint density at radius 1 is 1.20 bits per heavy atom. The lowest BCUT2D eigenvalue weighted by molar-refractivity contribution is -0.139. The van der Waals surface area contributed by atoms with Gasteiger partial charge in [0.25, 0.3) is 0 Å². The van der Waals surface area contributed by atoms with E-state index in [2.05, 4.69) is 16.9 Å². The zero-order valence-electron chi connectivity index (χ0n) is 16.5. The van der Waals surface area contributed by atoms with Gasteiger partial charge in [0.1, 0.15) is 6.04 Å². The van der Waals surface area contributed by atoms with Crippen LogP contribution in [0.5, 0.6) is 11.5 Å². The van der Waals surface area contributed by atoms with E-state index in [1.54, 1.807) is 11.9 Å². The monoisotopic (exact) mass is 403 g/mol. The minimum atomic E-state index is -0.664. The van der Waals surface area contributed by atoms with Crippen LogP contribution in [0.3, 0.4) is 0 Å². The van der Waals surface area contributed by atoms with E-state index in [4.69, 9.17) is 9.47 Å². The fourth-order valence-electron chi connectivity index (χ4n) is 4.47. The Labute approximate surface area is 173 Å². The second-order valence-electron chi connectivity index (χ2n) is 7.36. The number of ether oxygens (including phenoxy) is 2. The summed E-state index contributed by atoms with van der Waals surface area (Å²) in [5.74, 6) is 0.761. The molecule has 0 saturated heterocycles. The Morgan fingerprint density at radius 2 is 2.00 bits per heavy atom. The minimum Gasteiger partial charge on any atom is -0.454 e. The first kappa shape index (κ1) is 18.3. The number of fused-ring (bicyclic) bond motifs is 4. The van der Waals surface area contributed by atoms with E-state index < -0.39 is 12.1 Å². The van der Waals surface area contributed by atoms with E-state index in [0.29, 0.717) is 17.9 Å². The summed E-state index contributed by atoms with van der Waals surface area (Å²) >= 11 is 0. The maximum atomic E-state index is 13.0. The molecule has 2 aromatic carbocycles. The van der Waals surface area contributed by atoms with Crippen molar-refractivity contribution >= 4 is 22.7 Å². The van der Waals surface area contributed by atoms with Gasteiger partial charge in [0, 0.05) is 30.1 Å². The normalized spacial score (nSPS) is 19.4. The average molecular weight is 403 g/mol. The molecule has 2 atom stereocenters. The Hall–Kier alpha value is -3.74. The molecule has 3 aromatic rings. The molecule has 2 aliphatic heterocycles. The van der Waals surface area contributed by atoms with Gasteiger partial charge in [-0.2, -0.15) is 0 Å². The third kappa shape index (κ3) is 2.66. The maximum absolute atomic E-state index is 13.0. The number of aromatic amines is 1. The second-order valence-corrected chi connectivity index (χ2v) is 7.36. The van der Waals surface area contributed by atoms with Crippen LogP contribution in [0.2, 0.25) is 0 Å². The van der Waals surface area contributed by atoms with Crippen LogP contribution in [0.1, 0.15) is 22.9 Å². The third-order valence-corrected chi connectivity index (χ3v) is 5.82. The number of nitrogens with zero attached hydrogens (tertiary/aromatic N) is 1. The predicted octanol–water partition coefficient (Wildman–Crippen LogP) is 2.67. The molecular weight excluding hydrogens is 382 g/mol. The predicted molar refractivity (Wildman–Crippen MR) is 111 cm³/mol. The molecule has 152 valence electrons. The van der Waals surface area contributed by atoms with E-state index in [9.17, 15) is 9.59 Å². The van der Waals surface area contributed by atoms with Crippen molar-refractivity contribution in [2.45, 2.75) is 18.5 Å². The second kappa shape index (κ2) is 6.95. The summed E-state index contributed by atoms with van der Waals surface area (Å²) in [6.07, 6.45) is 1.67. The number of rotatable bonds is 3. The van der Waals surface area contributed by atoms with Gasteiger partial charge in [-0.1, -0.05) is 30.8 Å². The van der Waals surface area contributed by atoms with Crippen LogP contribution in [0.25, 0.3) is 10.9 Å². The SMILES string of the molecule is C=CC(=O)N1[C@H](c2ccc3c(c2)OCO3)c2[nH]c3ccccc3c2C[C@@H]1C(=O)NC. The van der Waals surface area contributed by atoms with Crippen molar-refractivity contribution < 1.29 is 19.1 Å². The number of benzene rings is 2. The minimum absolute atomic E-state index is 0.164. The van der Waals surface area contributed by atoms with Crippen molar-refractivity contribution in [3.8, 4) is 11.5 Å². The molecular formula is C23H21N3O4. The van der Waals surface area contributed by atoms with Crippen molar-refractivity contribution in [1.82, 2.24) is 15.2 Å². The molecule has 0 bridgehead atoms. The van der Waals surface area contributed by atoms with Gasteiger partial charge in [-0.05, 0) is 35.4 Å². The summed E-state index contributed by atoms with van der Waals surface area (Å²) in [5, 5.41) is 3.76. The summed E-state index contributed by atoms with van der Waals surface area (Å²) in [6.45, 7) is 3.83. The Kier molecular flexibility index (Phi) is 4.24. The number of hydrogen-bond donors (Lipinski definition) is 2. The van der Waals surface area contributed by atoms with Crippen molar-refractivity contribution in [3.63, 3.8) is 0 Å². The number of nitrogens with one attached hydrogen (secondary N) is 2. The molecule has 30 heavy (non-hydrogen) atoms. The molecule has 0 aliphatic carbocycles. The Morgan fingerprint density at radius 3 is 2.80 bits per heavy atom. The lowest BCUT2D eigenvalue weighted by Crippen LogP contribution is -2.53. The topological polar surface area (TPSA) is 83.7 Å². The summed E-state index contributed by atoms with van der Waals surface area (Å²) < 4.78 is 11.0. The van der Waals surface area contributed by atoms with Crippen molar-refractivity contribution in [3.05, 3.63) is 71.9 Å². The van der Waals surface area contributed by atoms with Gasteiger partial charge in [-0.25, -0.2) is 0 Å².